The SMILES string of the molecule is COC(=O)CC1CC(C(=O)OC)(C(=O)OC)C2CCC(=O)C12C. The van der Waals surface area contributed by atoms with Crippen LogP contribution in [0.2, 0.25) is 0 Å². The second kappa shape index (κ2) is 5.94. The van der Waals surface area contributed by atoms with Crippen LogP contribution in [-0.4, -0.2) is 45.0 Å². The van der Waals surface area contributed by atoms with E-state index in [9.17, 15) is 19.2 Å². The lowest BCUT2D eigenvalue weighted by molar-refractivity contribution is -0.173. The summed E-state index contributed by atoms with van der Waals surface area (Å²) in [6.45, 7) is 1.73. The van der Waals surface area contributed by atoms with E-state index in [2.05, 4.69) is 0 Å². The maximum atomic E-state index is 12.5. The Balaban J connectivity index is 2.54. The Hall–Kier alpha value is -1.92. The topological polar surface area (TPSA) is 96.0 Å². The van der Waals surface area contributed by atoms with Crippen LogP contribution in [0.3, 0.4) is 0 Å². The number of methoxy groups -OCH3 is 3. The second-order valence-electron chi connectivity index (χ2n) is 6.43. The molecule has 3 atom stereocenters. The summed E-state index contributed by atoms with van der Waals surface area (Å²) in [6.07, 6.45) is 0.700. The molecule has 128 valence electrons. The van der Waals surface area contributed by atoms with Crippen molar-refractivity contribution in [1.82, 2.24) is 0 Å². The summed E-state index contributed by atoms with van der Waals surface area (Å²) < 4.78 is 14.4. The van der Waals surface area contributed by atoms with E-state index in [0.29, 0.717) is 6.42 Å². The first-order valence-electron chi connectivity index (χ1n) is 7.56. The predicted octanol–water partition coefficient (Wildman–Crippen LogP) is 0.887. The number of hydrogen-bond acceptors (Lipinski definition) is 7. The van der Waals surface area contributed by atoms with Gasteiger partial charge in [-0.3, -0.25) is 19.2 Å². The largest absolute Gasteiger partial charge is 0.469 e. The van der Waals surface area contributed by atoms with Crippen LogP contribution in [0.1, 0.15) is 32.6 Å². The molecule has 2 saturated carbocycles. The lowest BCUT2D eigenvalue weighted by atomic mass is 9.69. The third kappa shape index (κ3) is 2.24. The Morgan fingerprint density at radius 2 is 1.65 bits per heavy atom. The number of fused-ring (bicyclic) bond motifs is 1. The maximum Gasteiger partial charge on any atom is 0.323 e. The number of carbonyl (C=O) groups excluding carboxylic acids is 4. The van der Waals surface area contributed by atoms with Gasteiger partial charge in [0.05, 0.1) is 21.3 Å². The number of Topliss-reactive ketones (excluding diaryl/α,β-unsaturated/α-hetero) is 1. The lowest BCUT2D eigenvalue weighted by Gasteiger charge is -2.32. The van der Waals surface area contributed by atoms with Crippen LogP contribution in [-0.2, 0) is 33.4 Å². The van der Waals surface area contributed by atoms with Crippen LogP contribution >= 0.6 is 0 Å². The molecule has 3 unspecified atom stereocenters. The molecule has 0 spiro atoms. The maximum absolute atomic E-state index is 12.5. The van der Waals surface area contributed by atoms with Crippen molar-refractivity contribution < 1.29 is 33.4 Å². The minimum absolute atomic E-state index is 0.0228. The molecular weight excluding hydrogens is 304 g/mol. The summed E-state index contributed by atoms with van der Waals surface area (Å²) in [6, 6.07) is 0. The minimum Gasteiger partial charge on any atom is -0.469 e. The first-order chi connectivity index (χ1) is 10.8. The highest BCUT2D eigenvalue weighted by Crippen LogP contribution is 2.65. The van der Waals surface area contributed by atoms with Gasteiger partial charge in [0.15, 0.2) is 5.41 Å². The molecule has 0 heterocycles. The predicted molar refractivity (Wildman–Crippen MR) is 77.0 cm³/mol. The van der Waals surface area contributed by atoms with Crippen LogP contribution in [0.5, 0.6) is 0 Å². The quantitative estimate of drug-likeness (QED) is 0.430. The Morgan fingerprint density at radius 1 is 1.09 bits per heavy atom. The fourth-order valence-electron chi connectivity index (χ4n) is 4.52. The standard InChI is InChI=1S/C16H22O7/c1-15-9(7-12(18)21-2)8-16(13(19)22-3,14(20)23-4)10(15)5-6-11(15)17/h9-10H,5-8H2,1-4H3. The smallest absolute Gasteiger partial charge is 0.323 e. The fraction of sp³-hybridized carbons (Fsp3) is 0.750. The highest BCUT2D eigenvalue weighted by Gasteiger charge is 2.72. The van der Waals surface area contributed by atoms with E-state index in [0.717, 1.165) is 0 Å². The number of ether oxygens (including phenoxy) is 3. The van der Waals surface area contributed by atoms with Gasteiger partial charge in [0, 0.05) is 18.3 Å². The Bertz CT molecular complexity index is 537. The van der Waals surface area contributed by atoms with E-state index in [4.69, 9.17) is 14.2 Å². The number of ketones is 1. The number of hydrogen-bond donors (Lipinski definition) is 0. The van der Waals surface area contributed by atoms with Crippen LogP contribution in [0, 0.1) is 22.7 Å². The van der Waals surface area contributed by atoms with Gasteiger partial charge in [-0.2, -0.15) is 0 Å². The van der Waals surface area contributed by atoms with Gasteiger partial charge in [-0.05, 0) is 24.7 Å². The molecule has 0 amide bonds. The van der Waals surface area contributed by atoms with Crippen molar-refractivity contribution in [2.24, 2.45) is 22.7 Å². The van der Waals surface area contributed by atoms with Gasteiger partial charge >= 0.3 is 17.9 Å². The highest BCUT2D eigenvalue weighted by atomic mass is 16.5. The zero-order valence-electron chi connectivity index (χ0n) is 13.8. The van der Waals surface area contributed by atoms with Crippen LogP contribution < -0.4 is 0 Å². The molecule has 0 aromatic heterocycles. The third-order valence-corrected chi connectivity index (χ3v) is 5.74. The van der Waals surface area contributed by atoms with Gasteiger partial charge in [-0.25, -0.2) is 0 Å². The summed E-state index contributed by atoms with van der Waals surface area (Å²) in [5.74, 6) is -2.92. The monoisotopic (exact) mass is 326 g/mol. The summed E-state index contributed by atoms with van der Waals surface area (Å²) >= 11 is 0. The summed E-state index contributed by atoms with van der Waals surface area (Å²) in [5, 5.41) is 0. The van der Waals surface area contributed by atoms with E-state index in [1.807, 2.05) is 0 Å². The van der Waals surface area contributed by atoms with Crippen molar-refractivity contribution in [3.8, 4) is 0 Å². The van der Waals surface area contributed by atoms with Crippen molar-refractivity contribution in [1.29, 1.82) is 0 Å². The normalized spacial score (nSPS) is 31.4. The molecule has 0 aromatic rings. The molecule has 23 heavy (non-hydrogen) atoms. The molecule has 0 N–H and O–H groups in total. The average Bonchev–Trinajstić information content (AvgIpc) is 2.99. The molecule has 0 aromatic carbocycles. The van der Waals surface area contributed by atoms with Gasteiger partial charge in [-0.15, -0.1) is 0 Å². The number of carbonyl (C=O) groups is 4. The van der Waals surface area contributed by atoms with E-state index in [-0.39, 0.29) is 25.0 Å². The van der Waals surface area contributed by atoms with Gasteiger partial charge < -0.3 is 14.2 Å². The van der Waals surface area contributed by atoms with Crippen LogP contribution in [0.4, 0.5) is 0 Å². The molecule has 7 heteroatoms. The van der Waals surface area contributed by atoms with E-state index < -0.39 is 40.6 Å². The summed E-state index contributed by atoms with van der Waals surface area (Å²) in [5.41, 5.74) is -2.47. The van der Waals surface area contributed by atoms with Gasteiger partial charge in [0.1, 0.15) is 5.78 Å². The second-order valence-corrected chi connectivity index (χ2v) is 6.43. The first kappa shape index (κ1) is 17.4. The zero-order valence-corrected chi connectivity index (χ0v) is 13.8. The molecule has 0 radical (unpaired) electrons. The average molecular weight is 326 g/mol. The molecule has 2 rings (SSSR count). The fourth-order valence-corrected chi connectivity index (χ4v) is 4.52. The van der Waals surface area contributed by atoms with Crippen LogP contribution in [0.15, 0.2) is 0 Å². The molecule has 2 fully saturated rings. The number of rotatable bonds is 4. The van der Waals surface area contributed by atoms with Crippen molar-refractivity contribution in [2.45, 2.75) is 32.6 Å². The van der Waals surface area contributed by atoms with Crippen molar-refractivity contribution in [3.63, 3.8) is 0 Å². The molecule has 2 aliphatic rings. The summed E-state index contributed by atoms with van der Waals surface area (Å²) in [7, 11) is 3.67. The van der Waals surface area contributed by atoms with Gasteiger partial charge in [-0.1, -0.05) is 6.92 Å². The Morgan fingerprint density at radius 3 is 2.13 bits per heavy atom. The third-order valence-electron chi connectivity index (χ3n) is 5.74. The molecule has 2 aliphatic carbocycles. The molecular formula is C16H22O7. The molecule has 0 bridgehead atoms. The Labute approximate surface area is 134 Å². The lowest BCUT2D eigenvalue weighted by Crippen LogP contribution is -2.46. The minimum atomic E-state index is -1.54. The first-order valence-corrected chi connectivity index (χ1v) is 7.56. The van der Waals surface area contributed by atoms with E-state index in [1.165, 1.54) is 21.3 Å². The molecule has 0 aliphatic heterocycles. The highest BCUT2D eigenvalue weighted by molar-refractivity contribution is 6.04. The molecule has 7 nitrogen and oxygen atoms in total. The van der Waals surface area contributed by atoms with E-state index >= 15 is 0 Å². The number of esters is 3. The van der Waals surface area contributed by atoms with Crippen molar-refractivity contribution in [2.75, 3.05) is 21.3 Å². The zero-order chi connectivity index (χ0) is 17.4. The van der Waals surface area contributed by atoms with Gasteiger partial charge in [0.25, 0.3) is 0 Å². The van der Waals surface area contributed by atoms with Crippen molar-refractivity contribution >= 4 is 23.7 Å². The summed E-state index contributed by atoms with van der Waals surface area (Å²) in [4.78, 5) is 49.2. The molecule has 0 saturated heterocycles. The Kier molecular flexibility index (Phi) is 4.50. The van der Waals surface area contributed by atoms with E-state index in [1.54, 1.807) is 6.92 Å². The van der Waals surface area contributed by atoms with Crippen LogP contribution in [0.25, 0.3) is 0 Å². The van der Waals surface area contributed by atoms with Crippen molar-refractivity contribution in [3.05, 3.63) is 0 Å². The van der Waals surface area contributed by atoms with Gasteiger partial charge in [0.2, 0.25) is 0 Å².